The molecule has 0 radical (unpaired) electrons. The lowest BCUT2D eigenvalue weighted by Crippen LogP contribution is -2.24. The SMILES string of the molecule is CCCCCCCCCCCCOC(=O)C(=O)Oc1ccccc1C(C)C. The highest BCUT2D eigenvalue weighted by Gasteiger charge is 2.20. The molecule has 0 aliphatic rings. The zero-order valence-electron chi connectivity index (χ0n) is 17.3. The van der Waals surface area contributed by atoms with Crippen molar-refractivity contribution in [1.82, 2.24) is 0 Å². The van der Waals surface area contributed by atoms with Gasteiger partial charge in [-0.15, -0.1) is 0 Å². The summed E-state index contributed by atoms with van der Waals surface area (Å²) in [6.45, 7) is 6.53. The van der Waals surface area contributed by atoms with Crippen LogP contribution in [0.4, 0.5) is 0 Å². The van der Waals surface area contributed by atoms with Crippen LogP contribution in [-0.2, 0) is 14.3 Å². The summed E-state index contributed by atoms with van der Waals surface area (Å²) in [5.41, 5.74) is 0.897. The Kier molecular flexibility index (Phi) is 12.2. The van der Waals surface area contributed by atoms with E-state index in [9.17, 15) is 9.59 Å². The normalized spacial score (nSPS) is 10.8. The summed E-state index contributed by atoms with van der Waals surface area (Å²) >= 11 is 0. The van der Waals surface area contributed by atoms with Crippen LogP contribution in [-0.4, -0.2) is 18.5 Å². The smallest absolute Gasteiger partial charge is 0.422 e. The molecule has 0 unspecified atom stereocenters. The van der Waals surface area contributed by atoms with Gasteiger partial charge in [0.25, 0.3) is 0 Å². The first-order chi connectivity index (χ1) is 13.1. The highest BCUT2D eigenvalue weighted by molar-refractivity contribution is 6.30. The summed E-state index contributed by atoms with van der Waals surface area (Å²) in [6.07, 6.45) is 12.1. The van der Waals surface area contributed by atoms with Gasteiger partial charge < -0.3 is 9.47 Å². The zero-order valence-corrected chi connectivity index (χ0v) is 17.3. The van der Waals surface area contributed by atoms with Crippen molar-refractivity contribution in [2.45, 2.75) is 90.9 Å². The summed E-state index contributed by atoms with van der Waals surface area (Å²) in [4.78, 5) is 23.7. The molecule has 0 saturated heterocycles. The molecule has 4 heteroatoms. The van der Waals surface area contributed by atoms with Crippen LogP contribution in [0.15, 0.2) is 24.3 Å². The lowest BCUT2D eigenvalue weighted by atomic mass is 10.0. The van der Waals surface area contributed by atoms with Gasteiger partial charge in [-0.25, -0.2) is 9.59 Å². The molecular weight excluding hydrogens is 340 g/mol. The Morgan fingerprint density at radius 3 is 1.96 bits per heavy atom. The van der Waals surface area contributed by atoms with Gasteiger partial charge in [0, 0.05) is 0 Å². The molecule has 0 N–H and O–H groups in total. The van der Waals surface area contributed by atoms with Crippen molar-refractivity contribution >= 4 is 11.9 Å². The van der Waals surface area contributed by atoms with E-state index in [1.54, 1.807) is 12.1 Å². The number of para-hydroxylation sites is 1. The van der Waals surface area contributed by atoms with Gasteiger partial charge in [0.1, 0.15) is 5.75 Å². The number of carbonyl (C=O) groups excluding carboxylic acids is 2. The average molecular weight is 377 g/mol. The molecule has 0 saturated carbocycles. The van der Waals surface area contributed by atoms with Crippen LogP contribution < -0.4 is 4.74 Å². The molecule has 4 nitrogen and oxygen atoms in total. The van der Waals surface area contributed by atoms with Gasteiger partial charge in [-0.2, -0.15) is 0 Å². The number of hydrogen-bond acceptors (Lipinski definition) is 4. The maximum Gasteiger partial charge on any atom is 0.422 e. The lowest BCUT2D eigenvalue weighted by Gasteiger charge is -2.12. The number of unbranched alkanes of at least 4 members (excludes halogenated alkanes) is 9. The Hall–Kier alpha value is -1.84. The largest absolute Gasteiger partial charge is 0.457 e. The van der Waals surface area contributed by atoms with E-state index in [1.807, 2.05) is 26.0 Å². The Morgan fingerprint density at radius 1 is 0.815 bits per heavy atom. The van der Waals surface area contributed by atoms with Crippen LogP contribution in [0.5, 0.6) is 5.75 Å². The second-order valence-corrected chi connectivity index (χ2v) is 7.40. The number of ether oxygens (including phenoxy) is 2. The van der Waals surface area contributed by atoms with Gasteiger partial charge in [0.15, 0.2) is 0 Å². The second kappa shape index (κ2) is 14.2. The molecule has 0 fully saturated rings. The number of rotatable bonds is 13. The molecule has 1 aromatic carbocycles. The third-order valence-corrected chi connectivity index (χ3v) is 4.64. The summed E-state index contributed by atoms with van der Waals surface area (Å²) in [5.74, 6) is -1.23. The number of carbonyl (C=O) groups is 2. The zero-order chi connectivity index (χ0) is 19.9. The molecule has 0 aliphatic heterocycles. The molecule has 0 heterocycles. The first kappa shape index (κ1) is 23.2. The molecule has 0 atom stereocenters. The molecule has 1 aromatic rings. The van der Waals surface area contributed by atoms with Crippen molar-refractivity contribution in [3.8, 4) is 5.75 Å². The number of esters is 2. The Morgan fingerprint density at radius 2 is 1.37 bits per heavy atom. The summed E-state index contributed by atoms with van der Waals surface area (Å²) in [5, 5.41) is 0. The predicted octanol–water partition coefficient (Wildman–Crippen LogP) is 6.18. The fourth-order valence-electron chi connectivity index (χ4n) is 3.01. The topological polar surface area (TPSA) is 52.6 Å². The molecule has 0 spiro atoms. The quantitative estimate of drug-likeness (QED) is 0.178. The summed E-state index contributed by atoms with van der Waals surface area (Å²) in [6, 6.07) is 7.25. The van der Waals surface area contributed by atoms with Gasteiger partial charge in [-0.3, -0.25) is 0 Å². The van der Waals surface area contributed by atoms with E-state index in [0.29, 0.717) is 5.75 Å². The lowest BCUT2D eigenvalue weighted by molar-refractivity contribution is -0.162. The third-order valence-electron chi connectivity index (χ3n) is 4.64. The van der Waals surface area contributed by atoms with Gasteiger partial charge in [0.05, 0.1) is 6.61 Å². The monoisotopic (exact) mass is 376 g/mol. The molecule has 0 aromatic heterocycles. The Bertz CT molecular complexity index is 551. The van der Waals surface area contributed by atoms with E-state index in [0.717, 1.165) is 24.8 Å². The van der Waals surface area contributed by atoms with Gasteiger partial charge in [-0.05, 0) is 24.0 Å². The maximum atomic E-state index is 11.9. The van der Waals surface area contributed by atoms with Crippen LogP contribution >= 0.6 is 0 Å². The van der Waals surface area contributed by atoms with Crippen molar-refractivity contribution in [3.05, 3.63) is 29.8 Å². The van der Waals surface area contributed by atoms with Gasteiger partial charge >= 0.3 is 11.9 Å². The van der Waals surface area contributed by atoms with E-state index >= 15 is 0 Å². The standard InChI is InChI=1S/C23H36O4/c1-4-5-6-7-8-9-10-11-12-15-18-26-22(24)23(25)27-21-17-14-13-16-20(21)19(2)3/h13-14,16-17,19H,4-12,15,18H2,1-3H3. The van der Waals surface area contributed by atoms with E-state index in [-0.39, 0.29) is 12.5 Å². The minimum atomic E-state index is -0.949. The van der Waals surface area contributed by atoms with Crippen LogP contribution in [0.2, 0.25) is 0 Å². The van der Waals surface area contributed by atoms with E-state index in [4.69, 9.17) is 9.47 Å². The van der Waals surface area contributed by atoms with Crippen molar-refractivity contribution in [3.63, 3.8) is 0 Å². The van der Waals surface area contributed by atoms with E-state index in [1.165, 1.54) is 44.9 Å². The van der Waals surface area contributed by atoms with Crippen LogP contribution in [0.3, 0.4) is 0 Å². The van der Waals surface area contributed by atoms with Crippen molar-refractivity contribution < 1.29 is 19.1 Å². The van der Waals surface area contributed by atoms with E-state index < -0.39 is 11.9 Å². The molecular formula is C23H36O4. The maximum absolute atomic E-state index is 11.9. The van der Waals surface area contributed by atoms with Crippen molar-refractivity contribution in [1.29, 1.82) is 0 Å². The molecule has 27 heavy (non-hydrogen) atoms. The molecule has 0 bridgehead atoms. The third kappa shape index (κ3) is 10.2. The summed E-state index contributed by atoms with van der Waals surface area (Å²) in [7, 11) is 0. The van der Waals surface area contributed by atoms with Crippen molar-refractivity contribution in [2.75, 3.05) is 6.61 Å². The second-order valence-electron chi connectivity index (χ2n) is 7.40. The fraction of sp³-hybridized carbons (Fsp3) is 0.652. The first-order valence-corrected chi connectivity index (χ1v) is 10.5. The van der Waals surface area contributed by atoms with E-state index in [2.05, 4.69) is 6.92 Å². The Balaban J connectivity index is 2.12. The van der Waals surface area contributed by atoms with Crippen LogP contribution in [0, 0.1) is 0 Å². The fourth-order valence-corrected chi connectivity index (χ4v) is 3.01. The minimum Gasteiger partial charge on any atom is -0.457 e. The highest BCUT2D eigenvalue weighted by Crippen LogP contribution is 2.26. The molecule has 1 rings (SSSR count). The number of benzene rings is 1. The molecule has 0 amide bonds. The summed E-state index contributed by atoms with van der Waals surface area (Å²) < 4.78 is 10.2. The molecule has 152 valence electrons. The predicted molar refractivity (Wildman–Crippen MR) is 109 cm³/mol. The average Bonchev–Trinajstić information content (AvgIpc) is 2.66. The highest BCUT2D eigenvalue weighted by atomic mass is 16.6. The minimum absolute atomic E-state index is 0.205. The Labute approximate surface area is 164 Å². The van der Waals surface area contributed by atoms with Crippen LogP contribution in [0.1, 0.15) is 96.5 Å². The van der Waals surface area contributed by atoms with Crippen LogP contribution in [0.25, 0.3) is 0 Å². The van der Waals surface area contributed by atoms with Gasteiger partial charge in [-0.1, -0.05) is 96.8 Å². The number of hydrogen-bond donors (Lipinski definition) is 0. The van der Waals surface area contributed by atoms with Crippen molar-refractivity contribution in [2.24, 2.45) is 0 Å². The first-order valence-electron chi connectivity index (χ1n) is 10.5. The molecule has 0 aliphatic carbocycles. The van der Waals surface area contributed by atoms with Gasteiger partial charge in [0.2, 0.25) is 0 Å².